The summed E-state index contributed by atoms with van der Waals surface area (Å²) in [4.78, 5) is 21.1. The van der Waals surface area contributed by atoms with E-state index in [4.69, 9.17) is 25.1 Å². The third-order valence-electron chi connectivity index (χ3n) is 5.41. The monoisotopic (exact) mass is 466 g/mol. The first-order chi connectivity index (χ1) is 16.4. The van der Waals surface area contributed by atoms with E-state index < -0.39 is 11.6 Å². The summed E-state index contributed by atoms with van der Waals surface area (Å²) in [6.45, 7) is 6.11. The maximum Gasteiger partial charge on any atom is 0.266 e. The lowest BCUT2D eigenvalue weighted by molar-refractivity contribution is -0.129. The average Bonchev–Trinajstić information content (AvgIpc) is 3.16. The van der Waals surface area contributed by atoms with Crippen LogP contribution in [0.3, 0.4) is 0 Å². The number of aliphatic hydroxyl groups excluding tert-OH is 1. The van der Waals surface area contributed by atoms with E-state index in [2.05, 4.69) is 20.9 Å². The van der Waals surface area contributed by atoms with Crippen molar-refractivity contribution in [2.75, 3.05) is 13.2 Å². The van der Waals surface area contributed by atoms with Gasteiger partial charge in [-0.15, -0.1) is 0 Å². The first-order valence-corrected chi connectivity index (χ1v) is 11.2. The molecule has 0 radical (unpaired) electrons. The van der Waals surface area contributed by atoms with E-state index >= 15 is 0 Å². The van der Waals surface area contributed by atoms with E-state index in [1.54, 1.807) is 31.2 Å². The molecule has 0 spiro atoms. The fourth-order valence-electron chi connectivity index (χ4n) is 3.56. The molecule has 0 saturated carbocycles. The van der Waals surface area contributed by atoms with Gasteiger partial charge >= 0.3 is 0 Å². The van der Waals surface area contributed by atoms with Gasteiger partial charge in [0.05, 0.1) is 6.61 Å². The molecule has 1 aliphatic rings. The quantitative estimate of drug-likeness (QED) is 0.153. The number of nitrogens with one attached hydrogen (secondary N) is 2. The predicted octanol–water partition coefficient (Wildman–Crippen LogP) is 3.57. The van der Waals surface area contributed by atoms with Crippen molar-refractivity contribution in [3.63, 3.8) is 0 Å². The molecule has 0 bridgehead atoms. The van der Waals surface area contributed by atoms with Crippen LogP contribution in [0.5, 0.6) is 5.75 Å². The van der Waals surface area contributed by atoms with Gasteiger partial charge in [-0.3, -0.25) is 10.2 Å². The second kappa shape index (κ2) is 11.5. The summed E-state index contributed by atoms with van der Waals surface area (Å²) in [5.74, 6) is 0.663. The second-order valence-electron chi connectivity index (χ2n) is 8.30. The SMILES string of the molecule is CC(C)NNC(=O)[C@@]1(Cc2ccccc2N=[N+]=[N-])N=C(c2ccc(OCCCO)cc2)O[C@H]1C. The van der Waals surface area contributed by atoms with E-state index in [9.17, 15) is 4.79 Å². The van der Waals surface area contributed by atoms with Crippen molar-refractivity contribution < 1.29 is 19.4 Å². The zero-order valence-electron chi connectivity index (χ0n) is 19.6. The highest BCUT2D eigenvalue weighted by Crippen LogP contribution is 2.35. The summed E-state index contributed by atoms with van der Waals surface area (Å²) in [5.41, 5.74) is 15.2. The van der Waals surface area contributed by atoms with Gasteiger partial charge in [0.15, 0.2) is 5.54 Å². The molecule has 10 nitrogen and oxygen atoms in total. The molecule has 0 unspecified atom stereocenters. The molecule has 0 aromatic heterocycles. The van der Waals surface area contributed by atoms with Gasteiger partial charge in [-0.2, -0.15) is 0 Å². The van der Waals surface area contributed by atoms with Crippen LogP contribution < -0.4 is 15.6 Å². The Bertz CT molecular complexity index is 1070. The zero-order valence-corrected chi connectivity index (χ0v) is 19.6. The Hall–Kier alpha value is -3.59. The number of hydrogen-bond acceptors (Lipinski definition) is 7. The fraction of sp³-hybridized carbons (Fsp3) is 0.417. The number of ether oxygens (including phenoxy) is 2. The molecular weight excluding hydrogens is 436 g/mol. The van der Waals surface area contributed by atoms with Crippen LogP contribution in [0.2, 0.25) is 0 Å². The first kappa shape index (κ1) is 25.0. The third-order valence-corrected chi connectivity index (χ3v) is 5.41. The minimum Gasteiger partial charge on any atom is -0.494 e. The van der Waals surface area contributed by atoms with E-state index in [0.29, 0.717) is 41.5 Å². The molecule has 180 valence electrons. The first-order valence-electron chi connectivity index (χ1n) is 11.2. The van der Waals surface area contributed by atoms with Crippen LogP contribution in [-0.4, -0.2) is 47.8 Å². The summed E-state index contributed by atoms with van der Waals surface area (Å²) in [5, 5.41) is 12.7. The Morgan fingerprint density at radius 3 is 2.71 bits per heavy atom. The highest BCUT2D eigenvalue weighted by atomic mass is 16.5. The summed E-state index contributed by atoms with van der Waals surface area (Å²) < 4.78 is 11.7. The summed E-state index contributed by atoms with van der Waals surface area (Å²) in [6.07, 6.45) is 0.144. The number of aliphatic hydroxyl groups is 1. The number of benzene rings is 2. The number of carbonyl (C=O) groups excluding carboxylic acids is 1. The Morgan fingerprint density at radius 1 is 1.29 bits per heavy atom. The largest absolute Gasteiger partial charge is 0.494 e. The third kappa shape index (κ3) is 5.85. The number of nitrogens with zero attached hydrogens (tertiary/aromatic N) is 4. The topological polar surface area (TPSA) is 141 Å². The van der Waals surface area contributed by atoms with Crippen LogP contribution in [0.25, 0.3) is 10.4 Å². The van der Waals surface area contributed by atoms with Crippen molar-refractivity contribution in [2.24, 2.45) is 10.1 Å². The van der Waals surface area contributed by atoms with Gasteiger partial charge in [-0.1, -0.05) is 29.4 Å². The molecule has 34 heavy (non-hydrogen) atoms. The molecule has 2 aromatic rings. The van der Waals surface area contributed by atoms with Crippen molar-refractivity contribution in [1.82, 2.24) is 10.9 Å². The molecule has 1 heterocycles. The molecule has 0 fully saturated rings. The molecule has 10 heteroatoms. The predicted molar refractivity (Wildman–Crippen MR) is 129 cm³/mol. The van der Waals surface area contributed by atoms with Crippen molar-refractivity contribution in [3.8, 4) is 5.75 Å². The molecule has 2 atom stereocenters. The number of aliphatic imine (C=N–C) groups is 1. The molecular formula is C24H30N6O4. The lowest BCUT2D eigenvalue weighted by Gasteiger charge is -2.29. The molecule has 0 aliphatic carbocycles. The summed E-state index contributed by atoms with van der Waals surface area (Å²) in [7, 11) is 0. The normalized spacial score (nSPS) is 19.2. The Kier molecular flexibility index (Phi) is 8.48. The fourth-order valence-corrected chi connectivity index (χ4v) is 3.56. The average molecular weight is 467 g/mol. The number of rotatable bonds is 11. The highest BCUT2D eigenvalue weighted by molar-refractivity contribution is 6.00. The van der Waals surface area contributed by atoms with Crippen molar-refractivity contribution in [1.29, 1.82) is 0 Å². The number of hydrogen-bond donors (Lipinski definition) is 3. The van der Waals surface area contributed by atoms with Gasteiger partial charge in [-0.25, -0.2) is 10.4 Å². The lowest BCUT2D eigenvalue weighted by atomic mass is 9.85. The minimum absolute atomic E-state index is 0.0240. The number of azide groups is 1. The maximum atomic E-state index is 13.4. The molecule has 3 rings (SSSR count). The lowest BCUT2D eigenvalue weighted by Crippen LogP contribution is -2.57. The number of carbonyl (C=O) groups is 1. The Morgan fingerprint density at radius 2 is 2.03 bits per heavy atom. The number of amides is 1. The summed E-state index contributed by atoms with van der Waals surface area (Å²) in [6, 6.07) is 14.3. The smallest absolute Gasteiger partial charge is 0.266 e. The number of hydrazine groups is 1. The Balaban J connectivity index is 1.95. The van der Waals surface area contributed by atoms with Gasteiger partial charge in [0.1, 0.15) is 11.9 Å². The van der Waals surface area contributed by atoms with Crippen LogP contribution in [-0.2, 0) is 16.0 Å². The Labute approximate surface area is 198 Å². The van der Waals surface area contributed by atoms with Gasteiger partial charge < -0.3 is 14.6 Å². The standard InChI is InChI=1S/C24H30N6O4/c1-16(2)27-29-23(32)24(15-19-7-4-5-8-21(19)28-30-25)17(3)34-22(26-24)18-9-11-20(12-10-18)33-14-6-13-31/h4-5,7-12,16-17,27,31H,6,13-15H2,1-3H3,(H,29,32)/t17-,24-/m0/s1. The van der Waals surface area contributed by atoms with Gasteiger partial charge in [0.25, 0.3) is 5.91 Å². The van der Waals surface area contributed by atoms with Crippen molar-refractivity contribution in [2.45, 2.75) is 51.3 Å². The van der Waals surface area contributed by atoms with Crippen molar-refractivity contribution >= 4 is 17.5 Å². The molecule has 1 aliphatic heterocycles. The molecule has 2 aromatic carbocycles. The maximum absolute atomic E-state index is 13.4. The van der Waals surface area contributed by atoms with Crippen LogP contribution in [0, 0.1) is 0 Å². The molecule has 0 saturated heterocycles. The van der Waals surface area contributed by atoms with Crippen LogP contribution >= 0.6 is 0 Å². The van der Waals surface area contributed by atoms with Crippen LogP contribution in [0.1, 0.15) is 38.3 Å². The van der Waals surface area contributed by atoms with E-state index in [1.807, 2.05) is 38.1 Å². The van der Waals surface area contributed by atoms with Gasteiger partial charge in [0, 0.05) is 41.7 Å². The van der Waals surface area contributed by atoms with Crippen LogP contribution in [0.4, 0.5) is 5.69 Å². The summed E-state index contributed by atoms with van der Waals surface area (Å²) >= 11 is 0. The van der Waals surface area contributed by atoms with Crippen LogP contribution in [0.15, 0.2) is 58.6 Å². The zero-order chi connectivity index (χ0) is 24.6. The molecule has 1 amide bonds. The second-order valence-corrected chi connectivity index (χ2v) is 8.30. The van der Waals surface area contributed by atoms with Gasteiger partial charge in [-0.05, 0) is 56.1 Å². The molecule has 3 N–H and O–H groups in total. The van der Waals surface area contributed by atoms with Gasteiger partial charge in [0.2, 0.25) is 5.90 Å². The van der Waals surface area contributed by atoms with E-state index in [1.165, 1.54) is 0 Å². The van der Waals surface area contributed by atoms with Crippen molar-refractivity contribution in [3.05, 3.63) is 70.1 Å². The highest BCUT2D eigenvalue weighted by Gasteiger charge is 2.50. The minimum atomic E-state index is -1.28. The van der Waals surface area contributed by atoms with E-state index in [-0.39, 0.29) is 25.0 Å². The van der Waals surface area contributed by atoms with E-state index in [0.717, 1.165) is 0 Å².